The summed E-state index contributed by atoms with van der Waals surface area (Å²) >= 11 is 0. The lowest BCUT2D eigenvalue weighted by Gasteiger charge is -2.25. The Morgan fingerprint density at radius 3 is 2.68 bits per heavy atom. The van der Waals surface area contributed by atoms with Crippen molar-refractivity contribution >= 4 is 12.1 Å². The molecule has 1 aliphatic rings. The van der Waals surface area contributed by atoms with Crippen LogP contribution >= 0.6 is 0 Å². The second kappa shape index (κ2) is 9.42. The molecule has 1 aliphatic heterocycles. The molecule has 6 nitrogen and oxygen atoms in total. The molecule has 1 saturated heterocycles. The van der Waals surface area contributed by atoms with Crippen LogP contribution in [0.5, 0.6) is 0 Å². The molecule has 25 heavy (non-hydrogen) atoms. The molecule has 0 radical (unpaired) electrons. The van der Waals surface area contributed by atoms with Crippen molar-refractivity contribution in [2.45, 2.75) is 45.4 Å². The topological polar surface area (TPSA) is 73.9 Å². The molecule has 3 atom stereocenters. The van der Waals surface area contributed by atoms with E-state index in [0.29, 0.717) is 25.4 Å². The monoisotopic (exact) mass is 349 g/mol. The number of amides is 1. The van der Waals surface area contributed by atoms with Crippen molar-refractivity contribution in [1.29, 1.82) is 0 Å². The fourth-order valence-corrected chi connectivity index (χ4v) is 2.98. The van der Waals surface area contributed by atoms with E-state index < -0.39 is 6.09 Å². The first-order valence-electron chi connectivity index (χ1n) is 8.66. The molecule has 0 aliphatic carbocycles. The zero-order valence-electron chi connectivity index (χ0n) is 15.1. The van der Waals surface area contributed by atoms with Gasteiger partial charge in [-0.3, -0.25) is 4.79 Å². The Kier molecular flexibility index (Phi) is 7.25. The van der Waals surface area contributed by atoms with E-state index in [2.05, 4.69) is 19.2 Å². The summed E-state index contributed by atoms with van der Waals surface area (Å²) < 4.78 is 15.8. The summed E-state index contributed by atoms with van der Waals surface area (Å²) in [5.41, 5.74) is 0.922. The lowest BCUT2D eigenvalue weighted by Crippen LogP contribution is -2.44. The molecule has 0 bridgehead atoms. The maximum absolute atomic E-state index is 12.2. The van der Waals surface area contributed by atoms with Gasteiger partial charge < -0.3 is 19.5 Å². The number of methoxy groups -OCH3 is 1. The van der Waals surface area contributed by atoms with E-state index in [4.69, 9.17) is 14.2 Å². The first kappa shape index (κ1) is 19.2. The van der Waals surface area contributed by atoms with Gasteiger partial charge >= 0.3 is 12.1 Å². The average Bonchev–Trinajstić information content (AvgIpc) is 2.94. The maximum atomic E-state index is 12.2. The van der Waals surface area contributed by atoms with Crippen molar-refractivity contribution < 1.29 is 23.8 Å². The third-order valence-corrected chi connectivity index (χ3v) is 4.18. The molecule has 2 rings (SSSR count). The molecule has 0 unspecified atom stereocenters. The minimum Gasteiger partial charge on any atom is -0.460 e. The van der Waals surface area contributed by atoms with Gasteiger partial charge in [0.15, 0.2) is 0 Å². The summed E-state index contributed by atoms with van der Waals surface area (Å²) in [6.45, 7) is 4.67. The number of benzene rings is 1. The Morgan fingerprint density at radius 2 is 2.04 bits per heavy atom. The predicted octanol–water partition coefficient (Wildman–Crippen LogP) is 2.91. The Balaban J connectivity index is 1.91. The molecule has 1 fully saturated rings. The molecule has 6 heteroatoms. The van der Waals surface area contributed by atoms with Crippen LogP contribution in [0.2, 0.25) is 0 Å². The van der Waals surface area contributed by atoms with Crippen LogP contribution in [0.3, 0.4) is 0 Å². The van der Waals surface area contributed by atoms with E-state index in [-0.39, 0.29) is 30.6 Å². The number of alkyl carbamates (subject to hydrolysis) is 1. The summed E-state index contributed by atoms with van der Waals surface area (Å²) in [5, 5.41) is 2.86. The van der Waals surface area contributed by atoms with E-state index in [0.717, 1.165) is 5.56 Å². The predicted molar refractivity (Wildman–Crippen MR) is 92.9 cm³/mol. The maximum Gasteiger partial charge on any atom is 0.407 e. The number of ether oxygens (including phenoxy) is 3. The van der Waals surface area contributed by atoms with Gasteiger partial charge in [0, 0.05) is 13.5 Å². The molecule has 1 heterocycles. The molecule has 0 aromatic heterocycles. The Labute approximate surface area is 148 Å². The number of rotatable bonds is 8. The zero-order chi connectivity index (χ0) is 18.2. The minimum absolute atomic E-state index is 0.206. The highest BCUT2D eigenvalue weighted by molar-refractivity contribution is 5.75. The fraction of sp³-hybridized carbons (Fsp3) is 0.579. The Hall–Kier alpha value is -2.08. The molecule has 1 aromatic rings. The van der Waals surface area contributed by atoms with Gasteiger partial charge in [0.05, 0.1) is 18.6 Å². The quantitative estimate of drug-likeness (QED) is 0.731. The Bertz CT molecular complexity index is 560. The number of carbonyl (C=O) groups excluding carboxylic acids is 2. The zero-order valence-corrected chi connectivity index (χ0v) is 15.1. The third kappa shape index (κ3) is 6.05. The normalized spacial score (nSPS) is 21.0. The van der Waals surface area contributed by atoms with E-state index in [1.165, 1.54) is 0 Å². The van der Waals surface area contributed by atoms with Crippen LogP contribution in [0.4, 0.5) is 4.79 Å². The highest BCUT2D eigenvalue weighted by atomic mass is 16.6. The molecule has 1 N–H and O–H groups in total. The molecular weight excluding hydrogens is 322 g/mol. The second-order valence-corrected chi connectivity index (χ2v) is 6.81. The summed E-state index contributed by atoms with van der Waals surface area (Å²) in [6.07, 6.45) is 0.404. The van der Waals surface area contributed by atoms with Gasteiger partial charge in [0.25, 0.3) is 0 Å². The van der Waals surface area contributed by atoms with Crippen LogP contribution in [0.15, 0.2) is 30.3 Å². The molecule has 138 valence electrons. The van der Waals surface area contributed by atoms with Crippen molar-refractivity contribution in [2.75, 3.05) is 13.7 Å². The SMILES string of the molecule is COC[C@H]1C[C@@H]([C@H](CC(C)C)NC(=O)OCc2ccccc2)OC1=O. The van der Waals surface area contributed by atoms with E-state index in [1.807, 2.05) is 30.3 Å². The second-order valence-electron chi connectivity index (χ2n) is 6.81. The van der Waals surface area contributed by atoms with Gasteiger partial charge in [-0.05, 0) is 17.9 Å². The van der Waals surface area contributed by atoms with Gasteiger partial charge in [0.2, 0.25) is 0 Å². The third-order valence-electron chi connectivity index (χ3n) is 4.18. The minimum atomic E-state index is -0.499. The number of nitrogens with one attached hydrogen (secondary N) is 1. The standard InChI is InChI=1S/C19H27NO5/c1-13(2)9-16(17-10-15(12-23-3)18(21)25-17)20-19(22)24-11-14-7-5-4-6-8-14/h4-8,13,15-17H,9-12H2,1-3H3,(H,20,22)/t15-,16+,17+/m1/s1. The first-order chi connectivity index (χ1) is 12.0. The molecule has 1 aromatic carbocycles. The summed E-state index contributed by atoms with van der Waals surface area (Å²) in [6, 6.07) is 9.22. The summed E-state index contributed by atoms with van der Waals surface area (Å²) in [7, 11) is 1.56. The highest BCUT2D eigenvalue weighted by Gasteiger charge is 2.39. The lowest BCUT2D eigenvalue weighted by molar-refractivity contribution is -0.146. The largest absolute Gasteiger partial charge is 0.460 e. The Morgan fingerprint density at radius 1 is 1.32 bits per heavy atom. The van der Waals surface area contributed by atoms with Crippen LogP contribution in [-0.2, 0) is 25.6 Å². The van der Waals surface area contributed by atoms with Crippen LogP contribution in [0.25, 0.3) is 0 Å². The van der Waals surface area contributed by atoms with Crippen LogP contribution in [0, 0.1) is 11.8 Å². The van der Waals surface area contributed by atoms with Crippen molar-refractivity contribution in [2.24, 2.45) is 11.8 Å². The van der Waals surface area contributed by atoms with E-state index in [9.17, 15) is 9.59 Å². The van der Waals surface area contributed by atoms with Gasteiger partial charge in [-0.15, -0.1) is 0 Å². The van der Waals surface area contributed by atoms with Gasteiger partial charge in [-0.1, -0.05) is 44.2 Å². The summed E-state index contributed by atoms with van der Waals surface area (Å²) in [4.78, 5) is 24.1. The number of hydrogen-bond acceptors (Lipinski definition) is 5. The van der Waals surface area contributed by atoms with E-state index in [1.54, 1.807) is 7.11 Å². The number of hydrogen-bond donors (Lipinski definition) is 1. The molecule has 1 amide bonds. The van der Waals surface area contributed by atoms with Crippen molar-refractivity contribution in [1.82, 2.24) is 5.32 Å². The van der Waals surface area contributed by atoms with Crippen LogP contribution in [0.1, 0.15) is 32.3 Å². The molecule has 0 saturated carbocycles. The van der Waals surface area contributed by atoms with Crippen LogP contribution < -0.4 is 5.32 Å². The van der Waals surface area contributed by atoms with Crippen molar-refractivity contribution in [3.63, 3.8) is 0 Å². The number of cyclic esters (lactones) is 1. The van der Waals surface area contributed by atoms with Gasteiger partial charge in [-0.2, -0.15) is 0 Å². The lowest BCUT2D eigenvalue weighted by atomic mass is 9.95. The van der Waals surface area contributed by atoms with Gasteiger partial charge in [0.1, 0.15) is 12.7 Å². The van der Waals surface area contributed by atoms with Crippen molar-refractivity contribution in [3.05, 3.63) is 35.9 Å². The molecular formula is C19H27NO5. The summed E-state index contributed by atoms with van der Waals surface area (Å²) in [5.74, 6) is -0.188. The fourth-order valence-electron chi connectivity index (χ4n) is 2.98. The van der Waals surface area contributed by atoms with Gasteiger partial charge in [-0.25, -0.2) is 4.79 Å². The highest BCUT2D eigenvalue weighted by Crippen LogP contribution is 2.26. The average molecular weight is 349 g/mol. The van der Waals surface area contributed by atoms with E-state index >= 15 is 0 Å². The number of carbonyl (C=O) groups is 2. The molecule has 0 spiro atoms. The first-order valence-corrected chi connectivity index (χ1v) is 8.66. The number of esters is 1. The smallest absolute Gasteiger partial charge is 0.407 e. The van der Waals surface area contributed by atoms with Crippen LogP contribution in [-0.4, -0.2) is 37.9 Å². The van der Waals surface area contributed by atoms with Crippen molar-refractivity contribution in [3.8, 4) is 0 Å².